The Morgan fingerprint density at radius 3 is 2.11 bits per heavy atom. The second-order valence-corrected chi connectivity index (χ2v) is 6.42. The van der Waals surface area contributed by atoms with E-state index in [-0.39, 0.29) is 17.5 Å². The number of nitrogens with zero attached hydrogens (tertiary/aromatic N) is 2. The van der Waals surface area contributed by atoms with Crippen LogP contribution in [0.3, 0.4) is 0 Å². The van der Waals surface area contributed by atoms with E-state index < -0.39 is 0 Å². The van der Waals surface area contributed by atoms with Crippen molar-refractivity contribution in [1.29, 1.82) is 0 Å². The third kappa shape index (κ3) is 3.78. The van der Waals surface area contributed by atoms with E-state index in [0.29, 0.717) is 34.0 Å². The number of nitrogens with two attached hydrogens (primary N) is 1. The molecule has 0 radical (unpaired) electrons. The Morgan fingerprint density at radius 2 is 1.46 bits per heavy atom. The van der Waals surface area contributed by atoms with Crippen LogP contribution in [0.2, 0.25) is 0 Å². The molecular weight excluding hydrogens is 358 g/mol. The molecule has 0 heterocycles. The first-order valence-electron chi connectivity index (χ1n) is 8.79. The van der Waals surface area contributed by atoms with E-state index in [1.54, 1.807) is 18.2 Å². The maximum atomic E-state index is 10.7. The molecule has 0 aliphatic heterocycles. The predicted molar refractivity (Wildman–Crippen MR) is 110 cm³/mol. The molecule has 0 spiro atoms. The highest BCUT2D eigenvalue weighted by molar-refractivity contribution is 5.97. The number of phenols is 1. The lowest BCUT2D eigenvalue weighted by atomic mass is 10.1. The quantitative estimate of drug-likeness (QED) is 0.443. The van der Waals surface area contributed by atoms with E-state index in [1.165, 1.54) is 14.2 Å². The maximum absolute atomic E-state index is 10.7. The summed E-state index contributed by atoms with van der Waals surface area (Å²) in [7, 11) is 3.03. The number of fused-ring (bicyclic) bond motifs is 1. The van der Waals surface area contributed by atoms with Gasteiger partial charge in [-0.15, -0.1) is 10.2 Å². The summed E-state index contributed by atoms with van der Waals surface area (Å²) in [5.74, 6) is 1.55. The second kappa shape index (κ2) is 8.04. The van der Waals surface area contributed by atoms with E-state index in [4.69, 9.17) is 19.9 Å². The van der Waals surface area contributed by atoms with Crippen LogP contribution in [0.25, 0.3) is 10.8 Å². The highest BCUT2D eigenvalue weighted by Gasteiger charge is 2.14. The van der Waals surface area contributed by atoms with Gasteiger partial charge >= 0.3 is 0 Å². The average Bonchev–Trinajstić information content (AvgIpc) is 2.69. The molecule has 3 N–H and O–H groups in total. The van der Waals surface area contributed by atoms with Crippen molar-refractivity contribution in [2.45, 2.75) is 20.0 Å². The van der Waals surface area contributed by atoms with E-state index >= 15 is 0 Å². The molecule has 28 heavy (non-hydrogen) atoms. The normalized spacial score (nSPS) is 11.3. The van der Waals surface area contributed by atoms with Gasteiger partial charge in [-0.05, 0) is 13.8 Å². The van der Waals surface area contributed by atoms with Crippen LogP contribution < -0.4 is 19.9 Å². The van der Waals surface area contributed by atoms with Gasteiger partial charge in [0, 0.05) is 29.0 Å². The summed E-state index contributed by atoms with van der Waals surface area (Å²) in [5, 5.41) is 20.6. The second-order valence-electron chi connectivity index (χ2n) is 6.42. The van der Waals surface area contributed by atoms with E-state index in [1.807, 2.05) is 38.1 Å². The van der Waals surface area contributed by atoms with Gasteiger partial charge in [0.2, 0.25) is 0 Å². The predicted octanol–water partition coefficient (Wildman–Crippen LogP) is 5.35. The number of azo groups is 1. The number of rotatable bonds is 6. The summed E-state index contributed by atoms with van der Waals surface area (Å²) in [6.45, 7) is 3.88. The van der Waals surface area contributed by atoms with Crippen molar-refractivity contribution in [3.63, 3.8) is 0 Å². The number of phenolic OH excluding ortho intramolecular Hbond substituents is 1. The Balaban J connectivity index is 2.11. The average molecular weight is 381 g/mol. The molecule has 146 valence electrons. The number of anilines is 1. The van der Waals surface area contributed by atoms with Crippen LogP contribution >= 0.6 is 0 Å². The van der Waals surface area contributed by atoms with Gasteiger partial charge in [-0.25, -0.2) is 0 Å². The molecule has 0 aliphatic rings. The van der Waals surface area contributed by atoms with Gasteiger partial charge < -0.3 is 25.1 Å². The molecule has 0 saturated heterocycles. The van der Waals surface area contributed by atoms with Crippen molar-refractivity contribution in [1.82, 2.24) is 0 Å². The van der Waals surface area contributed by atoms with Crippen LogP contribution in [0.1, 0.15) is 13.8 Å². The fraction of sp³-hybridized carbons (Fsp3) is 0.238. The van der Waals surface area contributed by atoms with Crippen LogP contribution in [-0.4, -0.2) is 25.4 Å². The smallest absolute Gasteiger partial charge is 0.151 e. The largest absolute Gasteiger partial charge is 0.505 e. The Hall–Kier alpha value is -3.48. The van der Waals surface area contributed by atoms with Crippen LogP contribution in [0.4, 0.5) is 17.1 Å². The zero-order chi connectivity index (χ0) is 20.3. The van der Waals surface area contributed by atoms with Crippen molar-refractivity contribution in [2.75, 3.05) is 20.0 Å². The van der Waals surface area contributed by atoms with Gasteiger partial charge in [-0.3, -0.25) is 0 Å². The number of nitrogen functional groups attached to an aromatic ring is 1. The SMILES string of the molecule is COc1cc(N=Nc2cc(OC(C)C)c3ccccc3c2O)c(OC)cc1N. The fourth-order valence-electron chi connectivity index (χ4n) is 2.83. The highest BCUT2D eigenvalue weighted by atomic mass is 16.5. The first-order valence-corrected chi connectivity index (χ1v) is 8.79. The summed E-state index contributed by atoms with van der Waals surface area (Å²) < 4.78 is 16.4. The molecule has 0 fully saturated rings. The zero-order valence-corrected chi connectivity index (χ0v) is 16.3. The summed E-state index contributed by atoms with van der Waals surface area (Å²) in [4.78, 5) is 0. The van der Waals surface area contributed by atoms with E-state index in [9.17, 15) is 5.11 Å². The third-order valence-corrected chi connectivity index (χ3v) is 4.12. The molecular formula is C21H23N3O4. The minimum atomic E-state index is -0.0285. The number of aromatic hydroxyl groups is 1. The number of hydrogen-bond acceptors (Lipinski definition) is 7. The van der Waals surface area contributed by atoms with Crippen molar-refractivity contribution in [2.24, 2.45) is 10.2 Å². The van der Waals surface area contributed by atoms with Crippen LogP contribution in [0.15, 0.2) is 52.7 Å². The first kappa shape index (κ1) is 19.3. The molecule has 3 rings (SSSR count). The van der Waals surface area contributed by atoms with Gasteiger partial charge in [0.1, 0.15) is 28.6 Å². The first-order chi connectivity index (χ1) is 13.4. The lowest BCUT2D eigenvalue weighted by molar-refractivity contribution is 0.245. The molecule has 3 aromatic rings. The van der Waals surface area contributed by atoms with Crippen LogP contribution in [0.5, 0.6) is 23.0 Å². The molecule has 3 aromatic carbocycles. The maximum Gasteiger partial charge on any atom is 0.151 e. The van der Waals surface area contributed by atoms with Gasteiger partial charge in [-0.1, -0.05) is 24.3 Å². The Morgan fingerprint density at radius 1 is 0.857 bits per heavy atom. The van der Waals surface area contributed by atoms with Crippen molar-refractivity contribution >= 4 is 27.8 Å². The number of methoxy groups -OCH3 is 2. The molecule has 0 bridgehead atoms. The van der Waals surface area contributed by atoms with Gasteiger partial charge in [-0.2, -0.15) is 0 Å². The topological polar surface area (TPSA) is 98.7 Å². The number of hydrogen-bond donors (Lipinski definition) is 2. The van der Waals surface area contributed by atoms with Crippen LogP contribution in [-0.2, 0) is 0 Å². The molecule has 7 heteroatoms. The molecule has 0 aliphatic carbocycles. The van der Waals surface area contributed by atoms with Gasteiger partial charge in [0.25, 0.3) is 0 Å². The fourth-order valence-corrected chi connectivity index (χ4v) is 2.83. The van der Waals surface area contributed by atoms with Gasteiger partial charge in [0.05, 0.1) is 26.0 Å². The lowest BCUT2D eigenvalue weighted by Crippen LogP contribution is -2.05. The monoisotopic (exact) mass is 381 g/mol. The van der Waals surface area contributed by atoms with Crippen molar-refractivity contribution < 1.29 is 19.3 Å². The molecule has 0 saturated carbocycles. The third-order valence-electron chi connectivity index (χ3n) is 4.12. The highest BCUT2D eigenvalue weighted by Crippen LogP contribution is 2.43. The zero-order valence-electron chi connectivity index (χ0n) is 16.3. The van der Waals surface area contributed by atoms with E-state index in [2.05, 4.69) is 10.2 Å². The molecule has 0 amide bonds. The minimum absolute atomic E-state index is 0.0248. The molecule has 0 unspecified atom stereocenters. The summed E-state index contributed by atoms with van der Waals surface area (Å²) in [6, 6.07) is 12.3. The Labute approximate surface area is 163 Å². The molecule has 0 atom stereocenters. The molecule has 0 aromatic heterocycles. The van der Waals surface area contributed by atoms with Crippen molar-refractivity contribution in [3.8, 4) is 23.0 Å². The standard InChI is InChI=1S/C21H23N3O4/c1-12(2)28-18-11-17(21(25)14-8-6-5-7-13(14)18)24-23-16-10-19(26-3)15(22)9-20(16)27-4/h5-12,25H,22H2,1-4H3. The molecule has 7 nitrogen and oxygen atoms in total. The summed E-state index contributed by atoms with van der Waals surface area (Å²) >= 11 is 0. The number of benzene rings is 3. The lowest BCUT2D eigenvalue weighted by Gasteiger charge is -2.14. The summed E-state index contributed by atoms with van der Waals surface area (Å²) in [6.07, 6.45) is -0.0285. The van der Waals surface area contributed by atoms with Crippen molar-refractivity contribution in [3.05, 3.63) is 42.5 Å². The van der Waals surface area contributed by atoms with Gasteiger partial charge in [0.15, 0.2) is 5.75 Å². The summed E-state index contributed by atoms with van der Waals surface area (Å²) in [5.41, 5.74) is 7.04. The number of ether oxygens (including phenoxy) is 3. The van der Waals surface area contributed by atoms with Crippen LogP contribution in [0, 0.1) is 0 Å². The van der Waals surface area contributed by atoms with E-state index in [0.717, 1.165) is 5.39 Å². The Kier molecular flexibility index (Phi) is 5.54. The minimum Gasteiger partial charge on any atom is -0.505 e. The Bertz CT molecular complexity index is 1030.